The van der Waals surface area contributed by atoms with Gasteiger partial charge in [-0.15, -0.1) is 0 Å². The zero-order chi connectivity index (χ0) is 15.7. The minimum Gasteiger partial charge on any atom is -0.344 e. The van der Waals surface area contributed by atoms with Crippen LogP contribution in [0.3, 0.4) is 0 Å². The molecule has 0 bridgehead atoms. The van der Waals surface area contributed by atoms with Gasteiger partial charge in [0.1, 0.15) is 0 Å². The second kappa shape index (κ2) is 5.68. The maximum Gasteiger partial charge on any atom is 0.209 e. The molecule has 2 rings (SSSR count). The molecule has 3 nitrogen and oxygen atoms in total. The second-order valence-corrected chi connectivity index (χ2v) is 5.71. The molecule has 0 saturated heterocycles. The lowest BCUT2D eigenvalue weighted by Gasteiger charge is -2.05. The van der Waals surface area contributed by atoms with Crippen molar-refractivity contribution in [2.24, 2.45) is 13.0 Å². The molecule has 0 saturated carbocycles. The van der Waals surface area contributed by atoms with Crippen molar-refractivity contribution in [3.05, 3.63) is 58.4 Å². The number of benzene rings is 1. The van der Waals surface area contributed by atoms with E-state index in [2.05, 4.69) is 0 Å². The van der Waals surface area contributed by atoms with Gasteiger partial charge in [0.2, 0.25) is 5.78 Å². The minimum atomic E-state index is -0.0792. The molecule has 0 unspecified atom stereocenters. The minimum absolute atomic E-state index is 0.0403. The molecule has 3 heteroatoms. The van der Waals surface area contributed by atoms with Crippen molar-refractivity contribution in [1.29, 1.82) is 0 Å². The van der Waals surface area contributed by atoms with Gasteiger partial charge < -0.3 is 4.57 Å². The third-order valence-corrected chi connectivity index (χ3v) is 3.95. The molecule has 0 radical (unpaired) electrons. The molecule has 21 heavy (non-hydrogen) atoms. The van der Waals surface area contributed by atoms with E-state index >= 15 is 0 Å². The van der Waals surface area contributed by atoms with Gasteiger partial charge in [0.05, 0.1) is 5.69 Å². The Bertz CT molecular complexity index is 694. The topological polar surface area (TPSA) is 39.1 Å². The van der Waals surface area contributed by atoms with E-state index in [1.54, 1.807) is 12.1 Å². The van der Waals surface area contributed by atoms with Crippen molar-refractivity contribution < 1.29 is 9.59 Å². The number of carbonyl (C=O) groups is 2. The summed E-state index contributed by atoms with van der Waals surface area (Å²) >= 11 is 0. The van der Waals surface area contributed by atoms with Crippen molar-refractivity contribution in [2.45, 2.75) is 27.7 Å². The Morgan fingerprint density at radius 3 is 2.14 bits per heavy atom. The van der Waals surface area contributed by atoms with E-state index in [1.807, 2.05) is 57.5 Å². The highest BCUT2D eigenvalue weighted by Gasteiger charge is 2.26. The molecule has 1 aromatic carbocycles. The van der Waals surface area contributed by atoms with E-state index in [0.717, 1.165) is 11.3 Å². The van der Waals surface area contributed by atoms with Crippen LogP contribution >= 0.6 is 0 Å². The zero-order valence-electron chi connectivity index (χ0n) is 13.2. The van der Waals surface area contributed by atoms with Gasteiger partial charge in [-0.05, 0) is 19.4 Å². The van der Waals surface area contributed by atoms with Gasteiger partial charge in [-0.25, -0.2) is 0 Å². The first-order valence-electron chi connectivity index (χ1n) is 7.16. The average molecular weight is 283 g/mol. The Balaban J connectivity index is 2.59. The maximum atomic E-state index is 12.7. The van der Waals surface area contributed by atoms with Crippen LogP contribution in [0.5, 0.6) is 0 Å². The Morgan fingerprint density at radius 2 is 1.62 bits per heavy atom. The van der Waals surface area contributed by atoms with Crippen LogP contribution in [0, 0.1) is 19.8 Å². The molecular formula is C18H21NO2. The molecule has 0 N–H and O–H groups in total. The first kappa shape index (κ1) is 15.2. The van der Waals surface area contributed by atoms with Gasteiger partial charge in [0, 0.05) is 29.8 Å². The second-order valence-electron chi connectivity index (χ2n) is 5.71. The predicted octanol–water partition coefficient (Wildman–Crippen LogP) is 3.71. The molecule has 0 aliphatic heterocycles. The monoisotopic (exact) mass is 283 g/mol. The summed E-state index contributed by atoms with van der Waals surface area (Å²) in [6, 6.07) is 9.17. The molecule has 0 spiro atoms. The van der Waals surface area contributed by atoms with Crippen molar-refractivity contribution in [2.75, 3.05) is 0 Å². The van der Waals surface area contributed by atoms with E-state index in [4.69, 9.17) is 0 Å². The quantitative estimate of drug-likeness (QED) is 0.802. The van der Waals surface area contributed by atoms with E-state index in [1.165, 1.54) is 0 Å². The van der Waals surface area contributed by atoms with Gasteiger partial charge in [-0.3, -0.25) is 9.59 Å². The van der Waals surface area contributed by atoms with E-state index in [9.17, 15) is 9.59 Å². The van der Waals surface area contributed by atoms with Crippen LogP contribution in [0.15, 0.2) is 30.3 Å². The van der Waals surface area contributed by atoms with E-state index in [0.29, 0.717) is 16.8 Å². The molecule has 0 fully saturated rings. The van der Waals surface area contributed by atoms with Crippen molar-refractivity contribution in [3.8, 4) is 0 Å². The molecule has 0 atom stereocenters. The standard InChI is InChI=1S/C18H21NO2/c1-11(2)17(20)15-12(3)16(19(5)13(15)4)18(21)14-9-7-6-8-10-14/h6-11H,1-5H3. The number of ketones is 2. The Hall–Kier alpha value is -2.16. The molecule has 0 aliphatic carbocycles. The lowest BCUT2D eigenvalue weighted by atomic mass is 9.96. The predicted molar refractivity (Wildman–Crippen MR) is 83.9 cm³/mol. The number of carbonyl (C=O) groups excluding carboxylic acids is 2. The number of hydrogen-bond donors (Lipinski definition) is 0. The van der Waals surface area contributed by atoms with Gasteiger partial charge in [-0.1, -0.05) is 44.2 Å². The third kappa shape index (κ3) is 2.56. The zero-order valence-corrected chi connectivity index (χ0v) is 13.2. The summed E-state index contributed by atoms with van der Waals surface area (Å²) in [5.74, 6) is -0.0290. The fraction of sp³-hybridized carbons (Fsp3) is 0.333. The summed E-state index contributed by atoms with van der Waals surface area (Å²) in [5.41, 5.74) is 3.56. The van der Waals surface area contributed by atoms with Gasteiger partial charge in [-0.2, -0.15) is 0 Å². The summed E-state index contributed by atoms with van der Waals surface area (Å²) < 4.78 is 1.83. The number of rotatable bonds is 4. The molecule has 1 heterocycles. The first-order chi connectivity index (χ1) is 9.86. The van der Waals surface area contributed by atoms with Crippen LogP contribution in [0.1, 0.15) is 51.5 Å². The number of Topliss-reactive ketones (excluding diaryl/α,β-unsaturated/α-hetero) is 1. The summed E-state index contributed by atoms with van der Waals surface area (Å²) in [4.78, 5) is 25.1. The van der Waals surface area contributed by atoms with Crippen molar-refractivity contribution in [1.82, 2.24) is 4.57 Å². The highest BCUT2D eigenvalue weighted by molar-refractivity contribution is 6.11. The van der Waals surface area contributed by atoms with E-state index in [-0.39, 0.29) is 17.5 Å². The third-order valence-electron chi connectivity index (χ3n) is 3.95. The van der Waals surface area contributed by atoms with Crippen LogP contribution in [-0.2, 0) is 7.05 Å². The molecular weight excluding hydrogens is 262 g/mol. The average Bonchev–Trinajstić information content (AvgIpc) is 2.69. The van der Waals surface area contributed by atoms with E-state index < -0.39 is 0 Å². The highest BCUT2D eigenvalue weighted by Crippen LogP contribution is 2.25. The molecule has 110 valence electrons. The lowest BCUT2D eigenvalue weighted by molar-refractivity contribution is 0.0938. The largest absolute Gasteiger partial charge is 0.344 e. The molecule has 2 aromatic rings. The van der Waals surface area contributed by atoms with Gasteiger partial charge >= 0.3 is 0 Å². The lowest BCUT2D eigenvalue weighted by Crippen LogP contribution is -2.10. The normalized spacial score (nSPS) is 11.0. The summed E-state index contributed by atoms with van der Waals surface area (Å²) in [7, 11) is 1.84. The van der Waals surface area contributed by atoms with Crippen LogP contribution < -0.4 is 0 Å². The fourth-order valence-corrected chi connectivity index (χ4v) is 2.68. The number of aromatic nitrogens is 1. The first-order valence-corrected chi connectivity index (χ1v) is 7.16. The molecule has 0 aliphatic rings. The van der Waals surface area contributed by atoms with Crippen LogP contribution in [0.4, 0.5) is 0 Å². The summed E-state index contributed by atoms with van der Waals surface area (Å²) in [5, 5.41) is 0. The Labute approximate surface area is 125 Å². The Morgan fingerprint density at radius 1 is 1.05 bits per heavy atom. The maximum absolute atomic E-state index is 12.7. The van der Waals surface area contributed by atoms with Crippen LogP contribution in [0.2, 0.25) is 0 Å². The van der Waals surface area contributed by atoms with Crippen LogP contribution in [0.25, 0.3) is 0 Å². The van der Waals surface area contributed by atoms with Crippen LogP contribution in [-0.4, -0.2) is 16.1 Å². The SMILES string of the molecule is Cc1c(C(=O)C(C)C)c(C)n(C)c1C(=O)c1ccccc1. The number of hydrogen-bond acceptors (Lipinski definition) is 2. The molecule has 0 amide bonds. The fourth-order valence-electron chi connectivity index (χ4n) is 2.68. The summed E-state index contributed by atoms with van der Waals surface area (Å²) in [6.45, 7) is 7.52. The van der Waals surface area contributed by atoms with Gasteiger partial charge in [0.25, 0.3) is 0 Å². The van der Waals surface area contributed by atoms with Crippen molar-refractivity contribution in [3.63, 3.8) is 0 Å². The smallest absolute Gasteiger partial charge is 0.209 e. The molecule has 1 aromatic heterocycles. The van der Waals surface area contributed by atoms with Gasteiger partial charge in [0.15, 0.2) is 5.78 Å². The highest BCUT2D eigenvalue weighted by atomic mass is 16.1. The Kier molecular flexibility index (Phi) is 4.12. The summed E-state index contributed by atoms with van der Waals surface area (Å²) in [6.07, 6.45) is 0. The van der Waals surface area contributed by atoms with Crippen molar-refractivity contribution >= 4 is 11.6 Å². The number of nitrogens with zero attached hydrogens (tertiary/aromatic N) is 1.